The molecule has 9 heteroatoms. The Morgan fingerprint density at radius 3 is 2.64 bits per heavy atom. The van der Waals surface area contributed by atoms with Crippen LogP contribution >= 0.6 is 22.9 Å². The summed E-state index contributed by atoms with van der Waals surface area (Å²) in [6.45, 7) is 5.28. The van der Waals surface area contributed by atoms with Crippen molar-refractivity contribution < 1.29 is 4.79 Å². The Kier molecular flexibility index (Phi) is 5.97. The van der Waals surface area contributed by atoms with Crippen LogP contribution in [0.15, 0.2) is 48.5 Å². The third kappa shape index (κ3) is 4.55. The molecule has 2 aromatic heterocycles. The minimum absolute atomic E-state index is 0.0316. The summed E-state index contributed by atoms with van der Waals surface area (Å²) in [6.07, 6.45) is 0. The van der Waals surface area contributed by atoms with Gasteiger partial charge in [0, 0.05) is 42.2 Å². The number of piperazine rings is 1. The van der Waals surface area contributed by atoms with E-state index in [2.05, 4.69) is 19.9 Å². The Hall–Kier alpha value is -3.07. The number of nitrogens with zero attached hydrogens (tertiary/aromatic N) is 5. The number of hydrogen-bond donors (Lipinski definition) is 1. The second-order valence-electron chi connectivity index (χ2n) is 8.05. The van der Waals surface area contributed by atoms with Gasteiger partial charge in [-0.2, -0.15) is 0 Å². The maximum absolute atomic E-state index is 13.2. The number of halogens is 1. The summed E-state index contributed by atoms with van der Waals surface area (Å²) < 4.78 is 0. The molecule has 5 rings (SSSR count). The molecule has 3 heterocycles. The summed E-state index contributed by atoms with van der Waals surface area (Å²) in [7, 11) is 0. The van der Waals surface area contributed by atoms with E-state index in [-0.39, 0.29) is 5.91 Å². The highest BCUT2D eigenvalue weighted by Crippen LogP contribution is 2.30. The number of anilines is 1. The summed E-state index contributed by atoms with van der Waals surface area (Å²) in [4.78, 5) is 31.8. The number of aryl methyl sites for hydroxylation is 1. The van der Waals surface area contributed by atoms with Gasteiger partial charge in [-0.15, -0.1) is 11.3 Å². The molecule has 1 fully saturated rings. The molecule has 0 spiro atoms. The summed E-state index contributed by atoms with van der Waals surface area (Å²) in [5.74, 6) is 1.24. The van der Waals surface area contributed by atoms with Crippen molar-refractivity contribution in [2.24, 2.45) is 0 Å². The molecule has 0 radical (unpaired) electrons. The fraction of sp³-hybridized carbons (Fsp3) is 0.250. The van der Waals surface area contributed by atoms with E-state index < -0.39 is 0 Å². The minimum Gasteiger partial charge on any atom is -0.383 e. The van der Waals surface area contributed by atoms with Crippen LogP contribution in [-0.4, -0.2) is 56.8 Å². The number of para-hydroxylation sites is 1. The number of hydrogen-bond acceptors (Lipinski definition) is 7. The quantitative estimate of drug-likeness (QED) is 0.471. The standard InChI is InChI=1S/C24H23ClN6OS/c1-15-21(33-23(27-15)16-5-4-6-17(25)13-16)24(32)31-11-9-30(10-12-31)14-20-28-19-8-3-2-7-18(19)22(26)29-20/h2-8,13H,9-12,14H2,1H3,(H2,26,28,29). The van der Waals surface area contributed by atoms with E-state index in [1.165, 1.54) is 11.3 Å². The molecule has 4 aromatic rings. The molecule has 2 aromatic carbocycles. The zero-order valence-electron chi connectivity index (χ0n) is 18.2. The molecular weight excluding hydrogens is 456 g/mol. The van der Waals surface area contributed by atoms with E-state index in [9.17, 15) is 4.79 Å². The van der Waals surface area contributed by atoms with Gasteiger partial charge >= 0.3 is 0 Å². The molecule has 168 valence electrons. The Balaban J connectivity index is 1.25. The summed E-state index contributed by atoms with van der Waals surface area (Å²) in [6, 6.07) is 15.3. The van der Waals surface area contributed by atoms with Crippen LogP contribution in [0.2, 0.25) is 5.02 Å². The van der Waals surface area contributed by atoms with Gasteiger partial charge in [0.2, 0.25) is 0 Å². The van der Waals surface area contributed by atoms with Gasteiger partial charge in [0.05, 0.1) is 17.8 Å². The van der Waals surface area contributed by atoms with Crippen LogP contribution in [0.1, 0.15) is 21.2 Å². The molecule has 1 amide bonds. The van der Waals surface area contributed by atoms with Crippen molar-refractivity contribution >= 4 is 45.6 Å². The smallest absolute Gasteiger partial charge is 0.265 e. The lowest BCUT2D eigenvalue weighted by atomic mass is 10.2. The van der Waals surface area contributed by atoms with Gasteiger partial charge in [-0.3, -0.25) is 9.69 Å². The van der Waals surface area contributed by atoms with Crippen molar-refractivity contribution in [2.75, 3.05) is 31.9 Å². The number of fused-ring (bicyclic) bond motifs is 1. The van der Waals surface area contributed by atoms with Crippen LogP contribution in [-0.2, 0) is 6.54 Å². The van der Waals surface area contributed by atoms with Crippen molar-refractivity contribution in [3.8, 4) is 10.6 Å². The largest absolute Gasteiger partial charge is 0.383 e. The molecule has 0 atom stereocenters. The van der Waals surface area contributed by atoms with E-state index >= 15 is 0 Å². The first-order valence-electron chi connectivity index (χ1n) is 10.7. The fourth-order valence-corrected chi connectivity index (χ4v) is 5.24. The Labute approximate surface area is 200 Å². The van der Waals surface area contributed by atoms with Crippen LogP contribution in [0.4, 0.5) is 5.82 Å². The molecule has 33 heavy (non-hydrogen) atoms. The van der Waals surface area contributed by atoms with E-state index in [0.29, 0.717) is 41.2 Å². The summed E-state index contributed by atoms with van der Waals surface area (Å²) in [5, 5.41) is 2.33. The number of nitrogen functional groups attached to an aromatic ring is 1. The number of amides is 1. The number of benzene rings is 2. The predicted octanol–water partition coefficient (Wildman–Crippen LogP) is 4.26. The van der Waals surface area contributed by atoms with Crippen LogP contribution < -0.4 is 5.73 Å². The average Bonchev–Trinajstić information content (AvgIpc) is 3.21. The molecule has 0 saturated carbocycles. The number of thiazole rings is 1. The van der Waals surface area contributed by atoms with Crippen LogP contribution in [0, 0.1) is 6.92 Å². The fourth-order valence-electron chi connectivity index (χ4n) is 4.01. The first-order chi connectivity index (χ1) is 16.0. The first kappa shape index (κ1) is 21.8. The van der Waals surface area contributed by atoms with Crippen molar-refractivity contribution in [1.82, 2.24) is 24.8 Å². The van der Waals surface area contributed by atoms with E-state index in [4.69, 9.17) is 17.3 Å². The van der Waals surface area contributed by atoms with Crippen LogP contribution in [0.25, 0.3) is 21.5 Å². The molecule has 1 aliphatic rings. The van der Waals surface area contributed by atoms with Gasteiger partial charge in [-0.05, 0) is 31.2 Å². The van der Waals surface area contributed by atoms with Gasteiger partial charge in [-0.25, -0.2) is 15.0 Å². The normalized spacial score (nSPS) is 14.7. The molecule has 2 N–H and O–H groups in total. The highest BCUT2D eigenvalue weighted by molar-refractivity contribution is 7.17. The number of carbonyl (C=O) groups is 1. The monoisotopic (exact) mass is 478 g/mol. The van der Waals surface area contributed by atoms with Gasteiger partial charge in [0.15, 0.2) is 0 Å². The molecule has 0 aliphatic carbocycles. The second-order valence-corrected chi connectivity index (χ2v) is 9.49. The molecule has 7 nitrogen and oxygen atoms in total. The molecule has 0 unspecified atom stereocenters. The maximum atomic E-state index is 13.2. The van der Waals surface area contributed by atoms with Gasteiger partial charge in [-0.1, -0.05) is 35.9 Å². The Morgan fingerprint density at radius 1 is 1.06 bits per heavy atom. The minimum atomic E-state index is 0.0316. The highest BCUT2D eigenvalue weighted by Gasteiger charge is 2.26. The maximum Gasteiger partial charge on any atom is 0.265 e. The average molecular weight is 479 g/mol. The van der Waals surface area contributed by atoms with Crippen molar-refractivity contribution in [3.63, 3.8) is 0 Å². The molecular formula is C24H23ClN6OS. The highest BCUT2D eigenvalue weighted by atomic mass is 35.5. The van der Waals surface area contributed by atoms with Gasteiger partial charge in [0.25, 0.3) is 5.91 Å². The third-order valence-corrected chi connectivity index (χ3v) is 7.20. The Bertz CT molecular complexity index is 1330. The lowest BCUT2D eigenvalue weighted by Crippen LogP contribution is -2.48. The zero-order chi connectivity index (χ0) is 22.9. The first-order valence-corrected chi connectivity index (χ1v) is 11.9. The van der Waals surface area contributed by atoms with Crippen molar-refractivity contribution in [3.05, 3.63) is 69.9 Å². The molecule has 1 aliphatic heterocycles. The van der Waals surface area contributed by atoms with Crippen LogP contribution in [0.3, 0.4) is 0 Å². The molecule has 1 saturated heterocycles. The number of aromatic nitrogens is 3. The number of nitrogens with two attached hydrogens (primary N) is 1. The second kappa shape index (κ2) is 9.05. The van der Waals surface area contributed by atoms with E-state index in [0.717, 1.165) is 40.3 Å². The lowest BCUT2D eigenvalue weighted by molar-refractivity contribution is 0.0629. The SMILES string of the molecule is Cc1nc(-c2cccc(Cl)c2)sc1C(=O)N1CCN(Cc2nc(N)c3ccccc3n2)CC1. The number of rotatable bonds is 4. The lowest BCUT2D eigenvalue weighted by Gasteiger charge is -2.34. The topological polar surface area (TPSA) is 88.2 Å². The van der Waals surface area contributed by atoms with E-state index in [1.54, 1.807) is 0 Å². The zero-order valence-corrected chi connectivity index (χ0v) is 19.7. The number of carbonyl (C=O) groups excluding carboxylic acids is 1. The van der Waals surface area contributed by atoms with E-state index in [1.807, 2.05) is 60.4 Å². The van der Waals surface area contributed by atoms with Crippen molar-refractivity contribution in [2.45, 2.75) is 13.5 Å². The Morgan fingerprint density at radius 2 is 1.85 bits per heavy atom. The van der Waals surface area contributed by atoms with Gasteiger partial charge in [0.1, 0.15) is 21.5 Å². The van der Waals surface area contributed by atoms with Gasteiger partial charge < -0.3 is 10.6 Å². The van der Waals surface area contributed by atoms with Crippen LogP contribution in [0.5, 0.6) is 0 Å². The molecule has 0 bridgehead atoms. The third-order valence-electron chi connectivity index (χ3n) is 5.77. The summed E-state index contributed by atoms with van der Waals surface area (Å²) >= 11 is 7.54. The summed E-state index contributed by atoms with van der Waals surface area (Å²) in [5.41, 5.74) is 8.65. The predicted molar refractivity (Wildman–Crippen MR) is 132 cm³/mol. The van der Waals surface area contributed by atoms with Crippen molar-refractivity contribution in [1.29, 1.82) is 0 Å².